The highest BCUT2D eigenvalue weighted by atomic mass is 16.4. The van der Waals surface area contributed by atoms with Crippen LogP contribution < -0.4 is 0 Å². The largest absolute Gasteiger partial charge is 0.460 e. The number of rotatable bonds is 2. The summed E-state index contributed by atoms with van der Waals surface area (Å²) in [6, 6.07) is 44.9. The van der Waals surface area contributed by atoms with Gasteiger partial charge in [0.05, 0.1) is 6.26 Å². The van der Waals surface area contributed by atoms with Gasteiger partial charge < -0.3 is 13.3 Å². The first-order valence-corrected chi connectivity index (χ1v) is 14.5. The SMILES string of the molecule is c1ccc2c(c1)oc1cccc(-c3c4ccccc4c(-c4cccc5c4oc4c5ccc5ccoc54)c4ccccc34)c12. The van der Waals surface area contributed by atoms with E-state index in [1.165, 1.54) is 38.2 Å². The topological polar surface area (TPSA) is 39.4 Å². The van der Waals surface area contributed by atoms with E-state index in [0.717, 1.165) is 60.4 Å². The van der Waals surface area contributed by atoms with E-state index in [1.807, 2.05) is 18.2 Å². The van der Waals surface area contributed by atoms with Crippen molar-refractivity contribution in [1.82, 2.24) is 0 Å². The van der Waals surface area contributed by atoms with E-state index in [4.69, 9.17) is 13.3 Å². The second-order valence-electron chi connectivity index (χ2n) is 11.2. The lowest BCUT2D eigenvalue weighted by Gasteiger charge is -2.18. The molecule has 0 fully saturated rings. The fourth-order valence-electron chi connectivity index (χ4n) is 7.17. The highest BCUT2D eigenvalue weighted by Crippen LogP contribution is 2.48. The Labute approximate surface area is 245 Å². The molecule has 0 unspecified atom stereocenters. The maximum Gasteiger partial charge on any atom is 0.178 e. The zero-order chi connectivity index (χ0) is 28.1. The van der Waals surface area contributed by atoms with Crippen LogP contribution in [0.1, 0.15) is 0 Å². The fraction of sp³-hybridized carbons (Fsp3) is 0. The minimum atomic E-state index is 0.783. The van der Waals surface area contributed by atoms with Gasteiger partial charge in [-0.15, -0.1) is 0 Å². The molecule has 200 valence electrons. The number of hydrogen-bond acceptors (Lipinski definition) is 3. The van der Waals surface area contributed by atoms with E-state index in [1.54, 1.807) is 6.26 Å². The quantitative estimate of drug-likeness (QED) is 0.201. The van der Waals surface area contributed by atoms with Crippen LogP contribution in [-0.2, 0) is 0 Å². The molecule has 43 heavy (non-hydrogen) atoms. The molecule has 0 saturated heterocycles. The van der Waals surface area contributed by atoms with E-state index in [2.05, 4.69) is 109 Å². The molecular formula is C40H22O3. The number of fused-ring (bicyclic) bond motifs is 10. The summed E-state index contributed by atoms with van der Waals surface area (Å²) in [6.45, 7) is 0. The third-order valence-corrected chi connectivity index (χ3v) is 8.96. The highest BCUT2D eigenvalue weighted by Gasteiger charge is 2.22. The maximum atomic E-state index is 6.71. The monoisotopic (exact) mass is 550 g/mol. The Bertz CT molecular complexity index is 2680. The summed E-state index contributed by atoms with van der Waals surface area (Å²) in [4.78, 5) is 0. The van der Waals surface area contributed by atoms with Crippen LogP contribution in [0.3, 0.4) is 0 Å². The molecule has 10 aromatic rings. The average molecular weight is 551 g/mol. The molecule has 7 aromatic carbocycles. The molecule has 0 atom stereocenters. The van der Waals surface area contributed by atoms with Crippen LogP contribution in [0.5, 0.6) is 0 Å². The van der Waals surface area contributed by atoms with Gasteiger partial charge >= 0.3 is 0 Å². The summed E-state index contributed by atoms with van der Waals surface area (Å²) < 4.78 is 18.9. The van der Waals surface area contributed by atoms with Crippen molar-refractivity contribution >= 4 is 76.4 Å². The molecule has 0 spiro atoms. The summed E-state index contributed by atoms with van der Waals surface area (Å²) in [6.07, 6.45) is 1.72. The number of furan rings is 3. The Morgan fingerprint density at radius 2 is 0.930 bits per heavy atom. The Hall–Kier alpha value is -5.80. The predicted molar refractivity (Wildman–Crippen MR) is 177 cm³/mol. The van der Waals surface area contributed by atoms with Crippen molar-refractivity contribution in [2.24, 2.45) is 0 Å². The molecule has 0 saturated carbocycles. The number of para-hydroxylation sites is 2. The lowest BCUT2D eigenvalue weighted by atomic mass is 9.84. The van der Waals surface area contributed by atoms with Crippen LogP contribution in [0.2, 0.25) is 0 Å². The predicted octanol–water partition coefficient (Wildman–Crippen LogP) is 11.9. The Morgan fingerprint density at radius 3 is 1.70 bits per heavy atom. The molecule has 3 heterocycles. The zero-order valence-electron chi connectivity index (χ0n) is 22.9. The molecule has 0 N–H and O–H groups in total. The lowest BCUT2D eigenvalue weighted by molar-refractivity contribution is 0.600. The standard InChI is InChI=1S/C40H22O3/c1-3-11-26-24(9-1)35(31-15-8-18-34-37(31)30-13-5-6-17-33(30)42-34)25-10-2-4-12-27(25)36(26)32-16-7-14-28-29-20-19-23-21-22-41-38(23)40(29)43-39(28)32/h1-22H. The Morgan fingerprint density at radius 1 is 0.349 bits per heavy atom. The van der Waals surface area contributed by atoms with Gasteiger partial charge in [0, 0.05) is 38.1 Å². The van der Waals surface area contributed by atoms with E-state index in [9.17, 15) is 0 Å². The van der Waals surface area contributed by atoms with Gasteiger partial charge in [-0.3, -0.25) is 0 Å². The summed E-state index contributed by atoms with van der Waals surface area (Å²) in [5.74, 6) is 0. The molecule has 0 aliphatic heterocycles. The van der Waals surface area contributed by atoms with Crippen LogP contribution in [-0.4, -0.2) is 0 Å². The van der Waals surface area contributed by atoms with Gasteiger partial charge in [0.1, 0.15) is 16.7 Å². The van der Waals surface area contributed by atoms with Crippen molar-refractivity contribution in [3.8, 4) is 22.3 Å². The minimum Gasteiger partial charge on any atom is -0.460 e. The van der Waals surface area contributed by atoms with E-state index in [0.29, 0.717) is 0 Å². The summed E-state index contributed by atoms with van der Waals surface area (Å²) in [5.41, 5.74) is 8.85. The average Bonchev–Trinajstić information content (AvgIpc) is 3.78. The summed E-state index contributed by atoms with van der Waals surface area (Å²) >= 11 is 0. The molecule has 3 heteroatoms. The third-order valence-electron chi connectivity index (χ3n) is 8.96. The maximum absolute atomic E-state index is 6.71. The second-order valence-corrected chi connectivity index (χ2v) is 11.2. The van der Waals surface area contributed by atoms with Crippen LogP contribution in [0.15, 0.2) is 147 Å². The molecule has 3 aromatic heterocycles. The molecule has 0 radical (unpaired) electrons. The summed E-state index contributed by atoms with van der Waals surface area (Å²) in [5, 5.41) is 10.2. The van der Waals surface area contributed by atoms with Gasteiger partial charge in [0.25, 0.3) is 0 Å². The van der Waals surface area contributed by atoms with Crippen molar-refractivity contribution in [3.05, 3.63) is 134 Å². The molecule has 3 nitrogen and oxygen atoms in total. The molecule has 10 rings (SSSR count). The van der Waals surface area contributed by atoms with Crippen molar-refractivity contribution in [1.29, 1.82) is 0 Å². The third kappa shape index (κ3) is 3.03. The van der Waals surface area contributed by atoms with Crippen LogP contribution in [0, 0.1) is 0 Å². The second kappa shape index (κ2) is 8.37. The highest BCUT2D eigenvalue weighted by molar-refractivity contribution is 6.27. The number of benzene rings is 7. The summed E-state index contributed by atoms with van der Waals surface area (Å²) in [7, 11) is 0. The Kier molecular flexibility index (Phi) is 4.45. The number of hydrogen-bond donors (Lipinski definition) is 0. The van der Waals surface area contributed by atoms with Crippen molar-refractivity contribution < 1.29 is 13.3 Å². The normalized spacial score (nSPS) is 12.2. The lowest BCUT2D eigenvalue weighted by Crippen LogP contribution is -1.91. The first-order chi connectivity index (χ1) is 21.3. The van der Waals surface area contributed by atoms with Crippen LogP contribution in [0.25, 0.3) is 98.6 Å². The molecule has 0 amide bonds. The van der Waals surface area contributed by atoms with Crippen LogP contribution in [0.4, 0.5) is 0 Å². The van der Waals surface area contributed by atoms with Gasteiger partial charge in [0.2, 0.25) is 0 Å². The Balaban J connectivity index is 1.37. The molecular weight excluding hydrogens is 528 g/mol. The van der Waals surface area contributed by atoms with Gasteiger partial charge in [-0.2, -0.15) is 0 Å². The van der Waals surface area contributed by atoms with Gasteiger partial charge in [-0.1, -0.05) is 103 Å². The molecule has 0 aliphatic rings. The smallest absolute Gasteiger partial charge is 0.178 e. The fourth-order valence-corrected chi connectivity index (χ4v) is 7.17. The van der Waals surface area contributed by atoms with E-state index < -0.39 is 0 Å². The van der Waals surface area contributed by atoms with Gasteiger partial charge in [-0.05, 0) is 56.9 Å². The van der Waals surface area contributed by atoms with Gasteiger partial charge in [0.15, 0.2) is 11.2 Å². The molecule has 0 aliphatic carbocycles. The van der Waals surface area contributed by atoms with Crippen molar-refractivity contribution in [3.63, 3.8) is 0 Å². The first kappa shape index (κ1) is 22.8. The first-order valence-electron chi connectivity index (χ1n) is 14.5. The van der Waals surface area contributed by atoms with Crippen LogP contribution >= 0.6 is 0 Å². The molecule has 0 bridgehead atoms. The van der Waals surface area contributed by atoms with Crippen molar-refractivity contribution in [2.45, 2.75) is 0 Å². The zero-order valence-corrected chi connectivity index (χ0v) is 22.9. The van der Waals surface area contributed by atoms with Crippen molar-refractivity contribution in [2.75, 3.05) is 0 Å². The van der Waals surface area contributed by atoms with E-state index in [-0.39, 0.29) is 0 Å². The van der Waals surface area contributed by atoms with E-state index >= 15 is 0 Å². The van der Waals surface area contributed by atoms with Gasteiger partial charge in [-0.25, -0.2) is 0 Å². The minimum absolute atomic E-state index is 0.783.